The number of cyclic esters (lactones) is 1. The maximum atomic E-state index is 13.7. The van der Waals surface area contributed by atoms with Gasteiger partial charge in [0.15, 0.2) is 0 Å². The lowest BCUT2D eigenvalue weighted by Gasteiger charge is -2.08. The molecule has 0 bridgehead atoms. The van der Waals surface area contributed by atoms with Gasteiger partial charge in [0.05, 0.1) is 11.0 Å². The first-order chi connectivity index (χ1) is 7.59. The number of nitrogens with zero attached hydrogens (tertiary/aromatic N) is 1. The van der Waals surface area contributed by atoms with Gasteiger partial charge in [-0.25, -0.2) is 4.79 Å². The van der Waals surface area contributed by atoms with Crippen LogP contribution >= 0.6 is 0 Å². The lowest BCUT2D eigenvalue weighted by molar-refractivity contribution is -0.387. The maximum Gasteiger partial charge on any atom is 0.407 e. The Morgan fingerprint density at radius 2 is 2.31 bits per heavy atom. The Labute approximate surface area is 89.2 Å². The van der Waals surface area contributed by atoms with Gasteiger partial charge >= 0.3 is 11.8 Å². The van der Waals surface area contributed by atoms with E-state index in [1.807, 2.05) is 0 Å². The van der Waals surface area contributed by atoms with Crippen molar-refractivity contribution < 1.29 is 18.8 Å². The summed E-state index contributed by atoms with van der Waals surface area (Å²) in [6.07, 6.45) is -0.657. The van der Waals surface area contributed by atoms with Crippen LogP contribution in [-0.4, -0.2) is 17.6 Å². The van der Waals surface area contributed by atoms with Crippen LogP contribution < -0.4 is 5.32 Å². The molecule has 84 valence electrons. The molecule has 1 saturated heterocycles. The molecule has 1 aromatic rings. The first kappa shape index (κ1) is 10.3. The normalized spacial score (nSPS) is 19.1. The lowest BCUT2D eigenvalue weighted by Crippen LogP contribution is -2.19. The first-order valence-corrected chi connectivity index (χ1v) is 4.45. The molecule has 2 rings (SSSR count). The van der Waals surface area contributed by atoms with Crippen molar-refractivity contribution in [1.82, 2.24) is 5.32 Å². The number of benzene rings is 1. The Balaban J connectivity index is 2.38. The highest BCUT2D eigenvalue weighted by Gasteiger charge is 2.29. The smallest absolute Gasteiger partial charge is 0.407 e. The number of hydrogen-bond donors (Lipinski definition) is 1. The van der Waals surface area contributed by atoms with E-state index in [9.17, 15) is 19.3 Å². The minimum absolute atomic E-state index is 0.0308. The molecule has 1 aliphatic rings. The molecule has 0 saturated carbocycles. The average Bonchev–Trinajstić information content (AvgIpc) is 2.64. The number of carbonyl (C=O) groups excluding carboxylic acids is 1. The van der Waals surface area contributed by atoms with E-state index in [0.29, 0.717) is 0 Å². The van der Waals surface area contributed by atoms with Crippen LogP contribution in [0.2, 0.25) is 0 Å². The maximum absolute atomic E-state index is 13.7. The number of nitro groups is 1. The topological polar surface area (TPSA) is 81.5 Å². The van der Waals surface area contributed by atoms with Gasteiger partial charge in [-0.15, -0.1) is 0 Å². The number of nitro benzene ring substituents is 1. The second-order valence-corrected chi connectivity index (χ2v) is 3.23. The molecule has 7 heteroatoms. The number of rotatable bonds is 2. The van der Waals surface area contributed by atoms with Gasteiger partial charge < -0.3 is 10.1 Å². The number of amides is 1. The van der Waals surface area contributed by atoms with E-state index in [2.05, 4.69) is 10.1 Å². The van der Waals surface area contributed by atoms with E-state index < -0.39 is 28.6 Å². The van der Waals surface area contributed by atoms with Crippen LogP contribution in [0.5, 0.6) is 0 Å². The molecule has 6 nitrogen and oxygen atoms in total. The molecule has 0 spiro atoms. The quantitative estimate of drug-likeness (QED) is 0.612. The van der Waals surface area contributed by atoms with Gasteiger partial charge in [-0.3, -0.25) is 10.1 Å². The van der Waals surface area contributed by atoms with Gasteiger partial charge in [-0.05, 0) is 0 Å². The summed E-state index contributed by atoms with van der Waals surface area (Å²) in [5.41, 5.74) is -0.557. The zero-order valence-electron chi connectivity index (χ0n) is 7.97. The van der Waals surface area contributed by atoms with Crippen molar-refractivity contribution in [2.24, 2.45) is 0 Å². The number of carbonyl (C=O) groups is 1. The largest absolute Gasteiger partial charge is 0.447 e. The van der Waals surface area contributed by atoms with Crippen molar-refractivity contribution in [2.75, 3.05) is 6.61 Å². The summed E-state index contributed by atoms with van der Waals surface area (Å²) < 4.78 is 18.2. The van der Waals surface area contributed by atoms with Crippen molar-refractivity contribution in [3.05, 3.63) is 39.7 Å². The second kappa shape index (κ2) is 3.76. The van der Waals surface area contributed by atoms with Crippen molar-refractivity contribution in [3.8, 4) is 0 Å². The summed E-state index contributed by atoms with van der Waals surface area (Å²) in [6.45, 7) is -0.0308. The molecule has 0 radical (unpaired) electrons. The van der Waals surface area contributed by atoms with Crippen LogP contribution in [0.1, 0.15) is 11.6 Å². The zero-order valence-corrected chi connectivity index (χ0v) is 7.97. The minimum Gasteiger partial charge on any atom is -0.447 e. The highest BCUT2D eigenvalue weighted by atomic mass is 19.1. The Morgan fingerprint density at radius 1 is 1.56 bits per heavy atom. The molecule has 0 aromatic heterocycles. The van der Waals surface area contributed by atoms with Crippen molar-refractivity contribution in [2.45, 2.75) is 6.04 Å². The number of alkyl carbamates (subject to hydrolysis) is 1. The molecule has 16 heavy (non-hydrogen) atoms. The number of ether oxygens (including phenoxy) is 1. The van der Waals surface area contributed by atoms with Crippen LogP contribution in [0.4, 0.5) is 14.9 Å². The van der Waals surface area contributed by atoms with Gasteiger partial charge in [-0.1, -0.05) is 12.1 Å². The molecule has 1 amide bonds. The molecule has 1 aliphatic heterocycles. The molecule has 1 atom stereocenters. The Bertz CT molecular complexity index is 463. The highest BCUT2D eigenvalue weighted by molar-refractivity contribution is 5.70. The Kier molecular flexibility index (Phi) is 2.43. The van der Waals surface area contributed by atoms with Crippen LogP contribution in [0, 0.1) is 15.9 Å². The van der Waals surface area contributed by atoms with Gasteiger partial charge in [0.2, 0.25) is 5.82 Å². The van der Waals surface area contributed by atoms with Gasteiger partial charge in [0.1, 0.15) is 6.61 Å². The van der Waals surface area contributed by atoms with E-state index in [1.165, 1.54) is 12.1 Å². The van der Waals surface area contributed by atoms with Crippen LogP contribution in [0.25, 0.3) is 0 Å². The van der Waals surface area contributed by atoms with E-state index in [-0.39, 0.29) is 12.2 Å². The summed E-state index contributed by atoms with van der Waals surface area (Å²) in [4.78, 5) is 20.5. The monoisotopic (exact) mass is 226 g/mol. The molecule has 0 aliphatic carbocycles. The zero-order chi connectivity index (χ0) is 11.7. The van der Waals surface area contributed by atoms with Crippen LogP contribution in [0.3, 0.4) is 0 Å². The van der Waals surface area contributed by atoms with Crippen LogP contribution in [0.15, 0.2) is 18.2 Å². The molecule has 1 unspecified atom stereocenters. The highest BCUT2D eigenvalue weighted by Crippen LogP contribution is 2.26. The third kappa shape index (κ3) is 1.67. The fourth-order valence-corrected chi connectivity index (χ4v) is 1.50. The fourth-order valence-electron chi connectivity index (χ4n) is 1.50. The van der Waals surface area contributed by atoms with E-state index in [0.717, 1.165) is 6.07 Å². The predicted molar refractivity (Wildman–Crippen MR) is 50.3 cm³/mol. The fraction of sp³-hybridized carbons (Fsp3) is 0.222. The molecular weight excluding hydrogens is 219 g/mol. The summed E-state index contributed by atoms with van der Waals surface area (Å²) in [6, 6.07) is 3.13. The average molecular weight is 226 g/mol. The number of nitrogens with one attached hydrogen (secondary N) is 1. The standard InChI is InChI=1S/C9H7FN2O4/c10-8-5(6-4-16-9(13)11-6)2-1-3-7(8)12(14)15/h1-3,6H,4H2,(H,11,13). The van der Waals surface area contributed by atoms with Crippen molar-refractivity contribution >= 4 is 11.8 Å². The molecule has 1 aromatic carbocycles. The van der Waals surface area contributed by atoms with E-state index in [4.69, 9.17) is 0 Å². The third-order valence-electron chi connectivity index (χ3n) is 2.25. The Morgan fingerprint density at radius 3 is 2.88 bits per heavy atom. The summed E-state index contributed by atoms with van der Waals surface area (Å²) in [5, 5.41) is 12.9. The summed E-state index contributed by atoms with van der Waals surface area (Å²) in [7, 11) is 0. The number of hydrogen-bond acceptors (Lipinski definition) is 4. The SMILES string of the molecule is O=C1NC(c2cccc([N+](=O)[O-])c2F)CO1. The Hall–Kier alpha value is -2.18. The minimum atomic E-state index is -0.941. The molecule has 1 N–H and O–H groups in total. The van der Waals surface area contributed by atoms with Crippen molar-refractivity contribution in [1.29, 1.82) is 0 Å². The van der Waals surface area contributed by atoms with Gasteiger partial charge in [0.25, 0.3) is 0 Å². The third-order valence-corrected chi connectivity index (χ3v) is 2.25. The summed E-state index contributed by atoms with van der Waals surface area (Å²) >= 11 is 0. The predicted octanol–water partition coefficient (Wildman–Crippen LogP) is 1.51. The first-order valence-electron chi connectivity index (χ1n) is 4.45. The van der Waals surface area contributed by atoms with Gasteiger partial charge in [0, 0.05) is 11.6 Å². The molecule has 1 heterocycles. The molecule has 1 fully saturated rings. The van der Waals surface area contributed by atoms with Crippen molar-refractivity contribution in [3.63, 3.8) is 0 Å². The van der Waals surface area contributed by atoms with E-state index >= 15 is 0 Å². The number of halogens is 1. The lowest BCUT2D eigenvalue weighted by atomic mass is 10.1. The van der Waals surface area contributed by atoms with E-state index in [1.54, 1.807) is 0 Å². The molecular formula is C9H7FN2O4. The second-order valence-electron chi connectivity index (χ2n) is 3.23. The summed E-state index contributed by atoms with van der Waals surface area (Å²) in [5.74, 6) is -0.941. The van der Waals surface area contributed by atoms with Crippen LogP contribution in [-0.2, 0) is 4.74 Å². The van der Waals surface area contributed by atoms with Gasteiger partial charge in [-0.2, -0.15) is 4.39 Å².